The van der Waals surface area contributed by atoms with Gasteiger partial charge in [0.2, 0.25) is 0 Å². The summed E-state index contributed by atoms with van der Waals surface area (Å²) in [6.07, 6.45) is 5.30. The fourth-order valence-electron chi connectivity index (χ4n) is 4.34. The molecule has 0 unspecified atom stereocenters. The number of hydrogen-bond acceptors (Lipinski definition) is 7. The van der Waals surface area contributed by atoms with Gasteiger partial charge in [-0.3, -0.25) is 4.79 Å². The molecule has 1 saturated heterocycles. The van der Waals surface area contributed by atoms with Crippen LogP contribution in [0.15, 0.2) is 48.9 Å². The molecule has 1 amide bonds. The van der Waals surface area contributed by atoms with Gasteiger partial charge in [0.05, 0.1) is 11.4 Å². The summed E-state index contributed by atoms with van der Waals surface area (Å²) in [6.45, 7) is 6.06. The van der Waals surface area contributed by atoms with Crippen molar-refractivity contribution in [2.75, 3.05) is 24.1 Å². The summed E-state index contributed by atoms with van der Waals surface area (Å²) in [5.74, 6) is 1.07. The Morgan fingerprint density at radius 2 is 1.97 bits per heavy atom. The number of fused-ring (bicyclic) bond motifs is 1. The molecule has 1 atom stereocenters. The molecule has 5 rings (SSSR count). The van der Waals surface area contributed by atoms with E-state index in [0.29, 0.717) is 23.1 Å². The van der Waals surface area contributed by atoms with Crippen LogP contribution in [-0.2, 0) is 0 Å². The zero-order valence-corrected chi connectivity index (χ0v) is 20.5. The average Bonchev–Trinajstić information content (AvgIpc) is 3.26. The first-order valence-corrected chi connectivity index (χ1v) is 11.6. The van der Waals surface area contributed by atoms with Crippen LogP contribution in [0.25, 0.3) is 22.3 Å². The third kappa shape index (κ3) is 4.96. The first kappa shape index (κ1) is 24.6. The number of hydrogen-bond donors (Lipinski definition) is 3. The van der Waals surface area contributed by atoms with E-state index in [1.807, 2.05) is 28.9 Å². The van der Waals surface area contributed by atoms with E-state index in [2.05, 4.69) is 39.4 Å². The Kier molecular flexibility index (Phi) is 7.28. The summed E-state index contributed by atoms with van der Waals surface area (Å²) in [7, 11) is 0. The minimum atomic E-state index is -0.216. The number of nitrogens with zero attached hydrogens (tertiary/aromatic N) is 5. The van der Waals surface area contributed by atoms with Crippen LogP contribution in [0.4, 0.5) is 11.6 Å². The molecule has 1 aliphatic rings. The fraction of sp³-hybridized carbons (Fsp3) is 0.320. The number of halogens is 1. The number of rotatable bonds is 5. The van der Waals surface area contributed by atoms with Gasteiger partial charge in [0.15, 0.2) is 5.65 Å². The van der Waals surface area contributed by atoms with Crippen molar-refractivity contribution < 1.29 is 4.79 Å². The van der Waals surface area contributed by atoms with Gasteiger partial charge in [-0.1, -0.05) is 26.0 Å². The van der Waals surface area contributed by atoms with Crippen molar-refractivity contribution in [3.63, 3.8) is 0 Å². The third-order valence-electron chi connectivity index (χ3n) is 6.25. The van der Waals surface area contributed by atoms with Crippen LogP contribution in [0.1, 0.15) is 54.6 Å². The molecule has 0 radical (unpaired) electrons. The number of anilines is 2. The maximum absolute atomic E-state index is 12.8. The third-order valence-corrected chi connectivity index (χ3v) is 6.25. The summed E-state index contributed by atoms with van der Waals surface area (Å²) in [5, 5.41) is 11.9. The number of aromatic nitrogens is 5. The molecule has 1 aromatic carbocycles. The summed E-state index contributed by atoms with van der Waals surface area (Å²) in [6, 6.07) is 11.4. The predicted molar refractivity (Wildman–Crippen MR) is 140 cm³/mol. The maximum atomic E-state index is 12.8. The number of nitrogen functional groups attached to an aromatic ring is 1. The lowest BCUT2D eigenvalue weighted by Gasteiger charge is -2.23. The van der Waals surface area contributed by atoms with Gasteiger partial charge in [0.25, 0.3) is 5.91 Å². The number of carbonyl (C=O) groups is 1. The Bertz CT molecular complexity index is 1330. The molecule has 4 aromatic rings. The van der Waals surface area contributed by atoms with Crippen molar-refractivity contribution in [1.82, 2.24) is 30.0 Å². The highest BCUT2D eigenvalue weighted by molar-refractivity contribution is 6.04. The highest BCUT2D eigenvalue weighted by Crippen LogP contribution is 2.33. The topological polar surface area (TPSA) is 124 Å². The SMILES string of the molecule is CC(C)c1ccnc(NC(=O)c2ccc(-c3nn([C@@H]4CCCNC4)c4ncnc(N)c34)cc2)c1.Cl. The molecule has 10 heteroatoms. The van der Waals surface area contributed by atoms with Crippen molar-refractivity contribution in [3.8, 4) is 11.3 Å². The lowest BCUT2D eigenvalue weighted by Crippen LogP contribution is -2.32. The smallest absolute Gasteiger partial charge is 0.256 e. The highest BCUT2D eigenvalue weighted by Gasteiger charge is 2.23. The van der Waals surface area contributed by atoms with E-state index in [1.165, 1.54) is 6.33 Å². The van der Waals surface area contributed by atoms with Crippen LogP contribution in [0.2, 0.25) is 0 Å². The van der Waals surface area contributed by atoms with Crippen molar-refractivity contribution >= 4 is 41.0 Å². The van der Waals surface area contributed by atoms with Crippen LogP contribution in [0.5, 0.6) is 0 Å². The number of nitrogens with two attached hydrogens (primary N) is 1. The Balaban J connectivity index is 0.00000289. The molecule has 1 fully saturated rings. The normalized spacial score (nSPS) is 15.7. The molecule has 0 aliphatic carbocycles. The first-order valence-electron chi connectivity index (χ1n) is 11.6. The van der Waals surface area contributed by atoms with E-state index < -0.39 is 0 Å². The first-order chi connectivity index (χ1) is 16.5. The molecule has 0 spiro atoms. The zero-order valence-electron chi connectivity index (χ0n) is 19.7. The van der Waals surface area contributed by atoms with Crippen LogP contribution < -0.4 is 16.4 Å². The standard InChI is InChI=1S/C25H28N8O.ClH/c1-15(2)18-9-11-28-20(12-18)31-25(34)17-7-5-16(6-8-17)22-21-23(26)29-14-30-24(21)33(32-22)19-4-3-10-27-13-19;/h5-9,11-12,14-15,19,27H,3-4,10,13H2,1-2H3,(H2,26,29,30)(H,28,31,34);1H/t19-;/m1./s1. The molecular weight excluding hydrogens is 464 g/mol. The van der Waals surface area contributed by atoms with E-state index in [0.717, 1.165) is 53.8 Å². The average molecular weight is 493 g/mol. The van der Waals surface area contributed by atoms with Crippen LogP contribution in [-0.4, -0.2) is 43.7 Å². The minimum Gasteiger partial charge on any atom is -0.383 e. The number of benzene rings is 1. The number of carbonyl (C=O) groups excluding carboxylic acids is 1. The largest absolute Gasteiger partial charge is 0.383 e. The molecule has 4 heterocycles. The van der Waals surface area contributed by atoms with Gasteiger partial charge in [-0.25, -0.2) is 19.6 Å². The number of pyridine rings is 1. The van der Waals surface area contributed by atoms with Crippen molar-refractivity contribution in [1.29, 1.82) is 0 Å². The number of amides is 1. The van der Waals surface area contributed by atoms with Crippen LogP contribution in [0.3, 0.4) is 0 Å². The number of nitrogens with one attached hydrogen (secondary N) is 2. The summed E-state index contributed by atoms with van der Waals surface area (Å²) in [5.41, 5.74) is 10.2. The molecule has 0 saturated carbocycles. The minimum absolute atomic E-state index is 0. The van der Waals surface area contributed by atoms with Crippen molar-refractivity contribution in [2.24, 2.45) is 0 Å². The Morgan fingerprint density at radius 3 is 2.69 bits per heavy atom. The second kappa shape index (κ2) is 10.4. The molecule has 1 aliphatic heterocycles. The van der Waals surface area contributed by atoms with Gasteiger partial charge in [0.1, 0.15) is 23.7 Å². The van der Waals surface area contributed by atoms with Gasteiger partial charge >= 0.3 is 0 Å². The second-order valence-corrected chi connectivity index (χ2v) is 8.91. The van der Waals surface area contributed by atoms with Gasteiger partial charge in [-0.2, -0.15) is 5.10 Å². The summed E-state index contributed by atoms with van der Waals surface area (Å²) >= 11 is 0. The van der Waals surface area contributed by atoms with Crippen LogP contribution in [0, 0.1) is 0 Å². The van der Waals surface area contributed by atoms with Gasteiger partial charge in [-0.15, -0.1) is 12.4 Å². The van der Waals surface area contributed by atoms with Crippen molar-refractivity contribution in [2.45, 2.75) is 38.6 Å². The van der Waals surface area contributed by atoms with Gasteiger partial charge in [0, 0.05) is 23.9 Å². The Morgan fingerprint density at radius 1 is 1.17 bits per heavy atom. The monoisotopic (exact) mass is 492 g/mol. The Labute approximate surface area is 210 Å². The highest BCUT2D eigenvalue weighted by atomic mass is 35.5. The molecule has 0 bridgehead atoms. The molecule has 182 valence electrons. The molecule has 35 heavy (non-hydrogen) atoms. The Hall–Kier alpha value is -3.56. The van der Waals surface area contributed by atoms with Gasteiger partial charge < -0.3 is 16.4 Å². The summed E-state index contributed by atoms with van der Waals surface area (Å²) < 4.78 is 1.96. The van der Waals surface area contributed by atoms with E-state index in [1.54, 1.807) is 18.3 Å². The summed E-state index contributed by atoms with van der Waals surface area (Å²) in [4.78, 5) is 25.7. The van der Waals surface area contributed by atoms with Crippen LogP contribution >= 0.6 is 12.4 Å². The second-order valence-electron chi connectivity index (χ2n) is 8.91. The van der Waals surface area contributed by atoms with E-state index in [9.17, 15) is 4.79 Å². The predicted octanol–water partition coefficient (Wildman–Crippen LogP) is 4.19. The lowest BCUT2D eigenvalue weighted by molar-refractivity contribution is 0.102. The molecule has 4 N–H and O–H groups in total. The molecule has 3 aromatic heterocycles. The van der Waals surface area contributed by atoms with E-state index in [-0.39, 0.29) is 24.4 Å². The lowest BCUT2D eigenvalue weighted by atomic mass is 10.0. The fourth-order valence-corrected chi connectivity index (χ4v) is 4.34. The van der Waals surface area contributed by atoms with Crippen molar-refractivity contribution in [3.05, 3.63) is 60.0 Å². The quantitative estimate of drug-likeness (QED) is 0.381. The van der Waals surface area contributed by atoms with E-state index >= 15 is 0 Å². The van der Waals surface area contributed by atoms with Gasteiger partial charge in [-0.05, 0) is 55.1 Å². The molecular formula is C25H29ClN8O. The molecule has 9 nitrogen and oxygen atoms in total. The maximum Gasteiger partial charge on any atom is 0.256 e. The number of piperidine rings is 1. The van der Waals surface area contributed by atoms with E-state index in [4.69, 9.17) is 10.8 Å². The zero-order chi connectivity index (χ0) is 23.7.